The summed E-state index contributed by atoms with van der Waals surface area (Å²) in [6.45, 7) is 10.7. The molecular formula is C13H30O. The Morgan fingerprint density at radius 2 is 0.929 bits per heavy atom. The molecule has 0 rings (SSSR count). The predicted octanol–water partition coefficient (Wildman–Crippen LogP) is 4.80. The molecule has 0 spiro atoms. The van der Waals surface area contributed by atoms with Gasteiger partial charge in [0, 0.05) is 13.2 Å². The molecule has 0 aliphatic heterocycles. The maximum absolute atomic E-state index is 5.31. The number of unbranched alkanes of at least 4 members (excludes halogenated alkanes) is 4. The van der Waals surface area contributed by atoms with Crippen molar-refractivity contribution >= 4 is 0 Å². The zero-order valence-electron chi connectivity index (χ0n) is 10.8. The van der Waals surface area contributed by atoms with Gasteiger partial charge in [0.15, 0.2) is 0 Å². The quantitative estimate of drug-likeness (QED) is 0.514. The van der Waals surface area contributed by atoms with Crippen molar-refractivity contribution in [1.29, 1.82) is 0 Å². The highest BCUT2D eigenvalue weighted by molar-refractivity contribution is 4.33. The van der Waals surface area contributed by atoms with Crippen LogP contribution in [-0.2, 0) is 4.74 Å². The molecule has 14 heavy (non-hydrogen) atoms. The van der Waals surface area contributed by atoms with Crippen LogP contribution < -0.4 is 0 Å². The maximum Gasteiger partial charge on any atom is 0.0465 e. The number of rotatable bonds is 8. The molecule has 0 unspecified atom stereocenters. The first-order valence-electron chi connectivity index (χ1n) is 6.41. The van der Waals surface area contributed by atoms with Crippen LogP contribution in [0.3, 0.4) is 0 Å². The molecule has 0 bridgehead atoms. The largest absolute Gasteiger partial charge is 0.381 e. The Bertz CT molecular complexity index is 63.6. The Morgan fingerprint density at radius 3 is 1.14 bits per heavy atom. The first-order valence-corrected chi connectivity index (χ1v) is 6.41. The first kappa shape index (κ1) is 16.4. The van der Waals surface area contributed by atoms with E-state index in [1.54, 1.807) is 0 Å². The highest BCUT2D eigenvalue weighted by atomic mass is 16.5. The van der Waals surface area contributed by atoms with E-state index in [0.29, 0.717) is 0 Å². The smallest absolute Gasteiger partial charge is 0.0465 e. The number of hydrogen-bond acceptors (Lipinski definition) is 1. The van der Waals surface area contributed by atoms with Crippen LogP contribution in [0.2, 0.25) is 0 Å². The van der Waals surface area contributed by atoms with E-state index in [1.165, 1.54) is 44.9 Å². The van der Waals surface area contributed by atoms with Crippen molar-refractivity contribution in [3.63, 3.8) is 0 Å². The van der Waals surface area contributed by atoms with Crippen LogP contribution in [0.15, 0.2) is 0 Å². The summed E-state index contributed by atoms with van der Waals surface area (Å²) in [6.07, 6.45) is 8.98. The summed E-state index contributed by atoms with van der Waals surface area (Å²) in [5.41, 5.74) is 0. The van der Waals surface area contributed by atoms with Crippen molar-refractivity contribution in [3.05, 3.63) is 0 Å². The van der Waals surface area contributed by atoms with Crippen molar-refractivity contribution in [1.82, 2.24) is 0 Å². The van der Waals surface area contributed by atoms with Gasteiger partial charge in [0.05, 0.1) is 0 Å². The molecule has 0 atom stereocenters. The minimum atomic E-state index is 0.955. The molecule has 0 heterocycles. The molecule has 0 aromatic rings. The van der Waals surface area contributed by atoms with Crippen LogP contribution >= 0.6 is 0 Å². The van der Waals surface area contributed by atoms with Gasteiger partial charge in [-0.05, 0) is 12.8 Å². The van der Waals surface area contributed by atoms with Gasteiger partial charge in [-0.1, -0.05) is 59.8 Å². The van der Waals surface area contributed by atoms with Gasteiger partial charge >= 0.3 is 0 Å². The van der Waals surface area contributed by atoms with Crippen LogP contribution in [0.4, 0.5) is 0 Å². The van der Waals surface area contributed by atoms with Crippen LogP contribution in [-0.4, -0.2) is 13.2 Å². The summed E-state index contributed by atoms with van der Waals surface area (Å²) in [7, 11) is 0. The normalized spacial score (nSPS) is 9.43. The van der Waals surface area contributed by atoms with Gasteiger partial charge in [-0.25, -0.2) is 0 Å². The molecule has 0 fully saturated rings. The molecule has 88 valence electrons. The van der Waals surface area contributed by atoms with Crippen molar-refractivity contribution in [2.45, 2.75) is 72.6 Å². The monoisotopic (exact) mass is 202 g/mol. The summed E-state index contributed by atoms with van der Waals surface area (Å²) in [6, 6.07) is 0. The standard InChI is InChI=1S/C8H18O.C5H12/c1-3-5-7-9-8-6-4-2;1-3-5-4-2/h3-8H2,1-2H3;3-5H2,1-2H3. The van der Waals surface area contributed by atoms with Crippen molar-refractivity contribution in [2.24, 2.45) is 0 Å². The minimum Gasteiger partial charge on any atom is -0.381 e. The molecule has 0 saturated heterocycles. The second kappa shape index (κ2) is 18.7. The third-order valence-electron chi connectivity index (χ3n) is 1.99. The molecule has 0 aromatic heterocycles. The lowest BCUT2D eigenvalue weighted by molar-refractivity contribution is 0.128. The summed E-state index contributed by atoms with van der Waals surface area (Å²) in [4.78, 5) is 0. The Balaban J connectivity index is 0. The van der Waals surface area contributed by atoms with E-state index < -0.39 is 0 Å². The third kappa shape index (κ3) is 22.7. The molecular weight excluding hydrogens is 172 g/mol. The average molecular weight is 202 g/mol. The molecule has 0 N–H and O–H groups in total. The summed E-state index contributed by atoms with van der Waals surface area (Å²) in [5.74, 6) is 0. The first-order chi connectivity index (χ1) is 6.83. The van der Waals surface area contributed by atoms with E-state index in [2.05, 4.69) is 27.7 Å². The van der Waals surface area contributed by atoms with E-state index in [9.17, 15) is 0 Å². The summed E-state index contributed by atoms with van der Waals surface area (Å²) < 4.78 is 5.31. The molecule has 1 nitrogen and oxygen atoms in total. The predicted molar refractivity (Wildman–Crippen MR) is 65.8 cm³/mol. The van der Waals surface area contributed by atoms with Crippen molar-refractivity contribution in [3.8, 4) is 0 Å². The van der Waals surface area contributed by atoms with Gasteiger partial charge in [-0.3, -0.25) is 0 Å². The minimum absolute atomic E-state index is 0.955. The third-order valence-corrected chi connectivity index (χ3v) is 1.99. The van der Waals surface area contributed by atoms with Crippen LogP contribution in [0.1, 0.15) is 72.6 Å². The lowest BCUT2D eigenvalue weighted by Gasteiger charge is -1.99. The summed E-state index contributed by atoms with van der Waals surface area (Å²) >= 11 is 0. The lowest BCUT2D eigenvalue weighted by Crippen LogP contribution is -1.95. The number of ether oxygens (including phenoxy) is 1. The topological polar surface area (TPSA) is 9.23 Å². The van der Waals surface area contributed by atoms with E-state index in [0.717, 1.165) is 13.2 Å². The van der Waals surface area contributed by atoms with Crippen molar-refractivity contribution < 1.29 is 4.74 Å². The van der Waals surface area contributed by atoms with Crippen LogP contribution in [0.5, 0.6) is 0 Å². The van der Waals surface area contributed by atoms with E-state index in [-0.39, 0.29) is 0 Å². The van der Waals surface area contributed by atoms with Crippen LogP contribution in [0, 0.1) is 0 Å². The van der Waals surface area contributed by atoms with Gasteiger partial charge in [-0.2, -0.15) is 0 Å². The highest BCUT2D eigenvalue weighted by Crippen LogP contribution is 1.91. The molecule has 0 amide bonds. The second-order valence-electron chi connectivity index (χ2n) is 3.67. The van der Waals surface area contributed by atoms with Gasteiger partial charge in [0.1, 0.15) is 0 Å². The Labute approximate surface area is 91.2 Å². The zero-order valence-corrected chi connectivity index (χ0v) is 10.8. The Morgan fingerprint density at radius 1 is 0.571 bits per heavy atom. The molecule has 0 aromatic carbocycles. The van der Waals surface area contributed by atoms with E-state index in [4.69, 9.17) is 4.74 Å². The Hall–Kier alpha value is -0.0400. The fraction of sp³-hybridized carbons (Fsp3) is 1.00. The SMILES string of the molecule is CCCCC.CCCCOCCCC. The van der Waals surface area contributed by atoms with Crippen molar-refractivity contribution in [2.75, 3.05) is 13.2 Å². The second-order valence-corrected chi connectivity index (χ2v) is 3.67. The molecule has 0 radical (unpaired) electrons. The molecule has 0 saturated carbocycles. The van der Waals surface area contributed by atoms with Crippen LogP contribution in [0.25, 0.3) is 0 Å². The average Bonchev–Trinajstić information content (AvgIpc) is 2.20. The van der Waals surface area contributed by atoms with Gasteiger partial charge in [-0.15, -0.1) is 0 Å². The molecule has 0 aliphatic rings. The van der Waals surface area contributed by atoms with E-state index in [1.807, 2.05) is 0 Å². The fourth-order valence-corrected chi connectivity index (χ4v) is 0.948. The zero-order chi connectivity index (χ0) is 11.1. The highest BCUT2D eigenvalue weighted by Gasteiger charge is 1.84. The fourth-order valence-electron chi connectivity index (χ4n) is 0.948. The maximum atomic E-state index is 5.31. The van der Waals surface area contributed by atoms with Gasteiger partial charge < -0.3 is 4.74 Å². The van der Waals surface area contributed by atoms with Gasteiger partial charge in [0.25, 0.3) is 0 Å². The lowest BCUT2D eigenvalue weighted by atomic mass is 10.3. The Kier molecular flexibility index (Phi) is 21.9. The van der Waals surface area contributed by atoms with Gasteiger partial charge in [0.2, 0.25) is 0 Å². The molecule has 1 heteroatoms. The summed E-state index contributed by atoms with van der Waals surface area (Å²) in [5, 5.41) is 0. The molecule has 0 aliphatic carbocycles. The van der Waals surface area contributed by atoms with E-state index >= 15 is 0 Å². The number of hydrogen-bond donors (Lipinski definition) is 0.